The predicted molar refractivity (Wildman–Crippen MR) is 99.0 cm³/mol. The molecule has 0 saturated carbocycles. The number of carbonyl (C=O) groups excluding carboxylic acids is 2. The molecule has 9 heteroatoms. The van der Waals surface area contributed by atoms with E-state index >= 15 is 0 Å². The summed E-state index contributed by atoms with van der Waals surface area (Å²) in [6.07, 6.45) is 0. The maximum absolute atomic E-state index is 13.3. The topological polar surface area (TPSA) is 92.7 Å². The van der Waals surface area contributed by atoms with Gasteiger partial charge in [0.25, 0.3) is 0 Å². The quantitative estimate of drug-likeness (QED) is 0.290. The third-order valence-electron chi connectivity index (χ3n) is 4.00. The van der Waals surface area contributed by atoms with Crippen LogP contribution in [0.1, 0.15) is 22.8 Å². The van der Waals surface area contributed by atoms with Crippen LogP contribution in [0.4, 0.5) is 4.39 Å². The van der Waals surface area contributed by atoms with Gasteiger partial charge in [0.2, 0.25) is 19.2 Å². The van der Waals surface area contributed by atoms with Gasteiger partial charge in [-0.05, 0) is 43.3 Å². The van der Waals surface area contributed by atoms with E-state index < -0.39 is 30.8 Å². The minimum Gasteiger partial charge on any atom is -0.496 e. The molecule has 0 aromatic heterocycles. The van der Waals surface area contributed by atoms with E-state index in [1.165, 1.54) is 13.2 Å². The van der Waals surface area contributed by atoms with Crippen LogP contribution < -0.4 is 14.2 Å². The van der Waals surface area contributed by atoms with Crippen LogP contribution in [-0.4, -0.2) is 44.6 Å². The van der Waals surface area contributed by atoms with Gasteiger partial charge in [0.15, 0.2) is 18.1 Å². The van der Waals surface area contributed by atoms with E-state index in [0.29, 0.717) is 17.2 Å². The number of nitrogens with zero attached hydrogens (tertiary/aromatic N) is 1. The van der Waals surface area contributed by atoms with E-state index in [1.54, 1.807) is 25.1 Å². The zero-order chi connectivity index (χ0) is 20.8. The summed E-state index contributed by atoms with van der Waals surface area (Å²) in [6.45, 7) is 0.794. The number of fused-ring (bicyclic) bond motifs is 1. The Balaban J connectivity index is 1.49. The van der Waals surface area contributed by atoms with Gasteiger partial charge in [-0.2, -0.15) is 0 Å². The van der Waals surface area contributed by atoms with Crippen molar-refractivity contribution in [1.29, 1.82) is 0 Å². The smallest absolute Gasteiger partial charge is 0.347 e. The molecule has 2 aromatic rings. The zero-order valence-corrected chi connectivity index (χ0v) is 15.8. The fraction of sp³-hybridized carbons (Fsp3) is 0.250. The molecule has 0 radical (unpaired) electrons. The van der Waals surface area contributed by atoms with Crippen LogP contribution in [-0.2, 0) is 14.4 Å². The molecule has 1 heterocycles. The number of hydrogen-bond donors (Lipinski definition) is 0. The molecule has 0 unspecified atom stereocenters. The lowest BCUT2D eigenvalue weighted by atomic mass is 10.1. The van der Waals surface area contributed by atoms with E-state index in [4.69, 9.17) is 23.8 Å². The first-order valence-electron chi connectivity index (χ1n) is 8.57. The molecule has 29 heavy (non-hydrogen) atoms. The third-order valence-corrected chi connectivity index (χ3v) is 4.00. The number of esters is 1. The SMILES string of the molecule is COc1ccc(F)cc1C(=O)COC(=O)CO/N=C(\C)c1ccc2c(c1)OCO2. The fourth-order valence-electron chi connectivity index (χ4n) is 2.52. The maximum Gasteiger partial charge on any atom is 0.347 e. The van der Waals surface area contributed by atoms with E-state index in [9.17, 15) is 14.0 Å². The summed E-state index contributed by atoms with van der Waals surface area (Å²) >= 11 is 0. The summed E-state index contributed by atoms with van der Waals surface area (Å²) in [5.41, 5.74) is 1.23. The number of carbonyl (C=O) groups is 2. The molecule has 2 aromatic carbocycles. The summed E-state index contributed by atoms with van der Waals surface area (Å²) in [6, 6.07) is 8.77. The molecule has 8 nitrogen and oxygen atoms in total. The molecular weight excluding hydrogens is 385 g/mol. The van der Waals surface area contributed by atoms with Crippen LogP contribution >= 0.6 is 0 Å². The first-order chi connectivity index (χ1) is 14.0. The Kier molecular flexibility index (Phi) is 6.28. The Hall–Kier alpha value is -3.62. The van der Waals surface area contributed by atoms with E-state index in [1.807, 2.05) is 0 Å². The molecule has 3 rings (SSSR count). The van der Waals surface area contributed by atoms with Crippen LogP contribution in [0.25, 0.3) is 0 Å². The minimum atomic E-state index is -0.795. The van der Waals surface area contributed by atoms with Crippen molar-refractivity contribution in [1.82, 2.24) is 0 Å². The minimum absolute atomic E-state index is 0.0158. The highest BCUT2D eigenvalue weighted by atomic mass is 19.1. The van der Waals surface area contributed by atoms with E-state index in [0.717, 1.165) is 17.7 Å². The number of oxime groups is 1. The molecule has 0 bridgehead atoms. The molecule has 0 spiro atoms. The Labute approximate surface area is 165 Å². The van der Waals surface area contributed by atoms with Crippen molar-refractivity contribution in [3.63, 3.8) is 0 Å². The summed E-state index contributed by atoms with van der Waals surface area (Å²) in [4.78, 5) is 28.9. The highest BCUT2D eigenvalue weighted by Crippen LogP contribution is 2.32. The Bertz CT molecular complexity index is 958. The van der Waals surface area contributed by atoms with Crippen molar-refractivity contribution >= 4 is 17.5 Å². The van der Waals surface area contributed by atoms with Gasteiger partial charge in [-0.25, -0.2) is 9.18 Å². The molecule has 0 atom stereocenters. The number of Topliss-reactive ketones (excluding diaryl/α,β-unsaturated/α-hetero) is 1. The average molecular weight is 403 g/mol. The van der Waals surface area contributed by atoms with Crippen molar-refractivity contribution < 1.29 is 37.8 Å². The monoisotopic (exact) mass is 403 g/mol. The second-order valence-corrected chi connectivity index (χ2v) is 5.95. The average Bonchev–Trinajstić information content (AvgIpc) is 3.19. The molecule has 0 saturated heterocycles. The van der Waals surface area contributed by atoms with Gasteiger partial charge in [0, 0.05) is 5.56 Å². The lowest BCUT2D eigenvalue weighted by Crippen LogP contribution is -2.18. The molecule has 0 amide bonds. The van der Waals surface area contributed by atoms with Crippen molar-refractivity contribution in [3.8, 4) is 17.2 Å². The van der Waals surface area contributed by atoms with Gasteiger partial charge in [0.05, 0.1) is 18.4 Å². The highest BCUT2D eigenvalue weighted by Gasteiger charge is 2.17. The Morgan fingerprint density at radius 1 is 1.10 bits per heavy atom. The second kappa shape index (κ2) is 9.05. The summed E-state index contributed by atoms with van der Waals surface area (Å²) in [5.74, 6) is -0.566. The van der Waals surface area contributed by atoms with Gasteiger partial charge in [0.1, 0.15) is 11.6 Å². The molecule has 152 valence electrons. The number of ketones is 1. The van der Waals surface area contributed by atoms with Crippen LogP contribution in [0, 0.1) is 5.82 Å². The number of ether oxygens (including phenoxy) is 4. The molecule has 0 N–H and O–H groups in total. The Morgan fingerprint density at radius 3 is 2.69 bits per heavy atom. The van der Waals surface area contributed by atoms with E-state index in [-0.39, 0.29) is 18.1 Å². The number of benzene rings is 2. The summed E-state index contributed by atoms with van der Waals surface area (Å²) in [7, 11) is 1.35. The first-order valence-corrected chi connectivity index (χ1v) is 8.57. The second-order valence-electron chi connectivity index (χ2n) is 5.95. The number of rotatable bonds is 8. The normalized spacial score (nSPS) is 12.4. The molecular formula is C20H18FNO7. The number of halogens is 1. The lowest BCUT2D eigenvalue weighted by Gasteiger charge is -2.08. The van der Waals surface area contributed by atoms with Crippen molar-refractivity contribution in [2.24, 2.45) is 5.16 Å². The fourth-order valence-corrected chi connectivity index (χ4v) is 2.52. The Morgan fingerprint density at radius 2 is 1.90 bits per heavy atom. The molecule has 0 fully saturated rings. The number of hydrogen-bond acceptors (Lipinski definition) is 8. The van der Waals surface area contributed by atoms with Gasteiger partial charge in [-0.3, -0.25) is 4.79 Å². The molecule has 1 aliphatic rings. The van der Waals surface area contributed by atoms with Crippen LogP contribution in [0.5, 0.6) is 17.2 Å². The predicted octanol–water partition coefficient (Wildman–Crippen LogP) is 2.73. The van der Waals surface area contributed by atoms with Crippen LogP contribution in [0.3, 0.4) is 0 Å². The van der Waals surface area contributed by atoms with Crippen LogP contribution in [0.2, 0.25) is 0 Å². The largest absolute Gasteiger partial charge is 0.496 e. The van der Waals surface area contributed by atoms with Crippen LogP contribution in [0.15, 0.2) is 41.6 Å². The van der Waals surface area contributed by atoms with Crippen molar-refractivity contribution in [3.05, 3.63) is 53.3 Å². The van der Waals surface area contributed by atoms with Gasteiger partial charge in [-0.1, -0.05) is 5.16 Å². The van der Waals surface area contributed by atoms with Gasteiger partial charge >= 0.3 is 5.97 Å². The zero-order valence-electron chi connectivity index (χ0n) is 15.8. The molecule has 1 aliphatic heterocycles. The van der Waals surface area contributed by atoms with Crippen molar-refractivity contribution in [2.75, 3.05) is 27.1 Å². The summed E-state index contributed by atoms with van der Waals surface area (Å²) in [5, 5.41) is 3.85. The maximum atomic E-state index is 13.3. The molecule has 0 aliphatic carbocycles. The standard InChI is InChI=1S/C20H18FNO7/c1-12(13-3-5-18-19(7-13)28-11-27-18)22-29-10-20(24)26-9-16(23)15-8-14(21)4-6-17(15)25-2/h3-8H,9-11H2,1-2H3/b22-12+. The summed E-state index contributed by atoms with van der Waals surface area (Å²) < 4.78 is 33.7. The number of methoxy groups -OCH3 is 1. The van der Waals surface area contributed by atoms with Gasteiger partial charge < -0.3 is 23.8 Å². The van der Waals surface area contributed by atoms with Gasteiger partial charge in [-0.15, -0.1) is 0 Å². The van der Waals surface area contributed by atoms with Crippen molar-refractivity contribution in [2.45, 2.75) is 6.92 Å². The highest BCUT2D eigenvalue weighted by molar-refractivity contribution is 6.00. The van der Waals surface area contributed by atoms with E-state index in [2.05, 4.69) is 5.16 Å². The first kappa shape index (κ1) is 20.1. The lowest BCUT2D eigenvalue weighted by molar-refractivity contribution is -0.147. The third kappa shape index (κ3) is 5.01.